The van der Waals surface area contributed by atoms with Gasteiger partial charge in [0.1, 0.15) is 11.9 Å². The molecule has 0 radical (unpaired) electrons. The maximum Gasteiger partial charge on any atom is 0.245 e. The first-order valence-corrected chi connectivity index (χ1v) is 8.03. The lowest BCUT2D eigenvalue weighted by Gasteiger charge is -2.31. The van der Waals surface area contributed by atoms with E-state index in [-0.39, 0.29) is 19.1 Å². The molecule has 1 amide bonds. The first-order chi connectivity index (χ1) is 11.5. The Labute approximate surface area is 143 Å². The molecule has 2 aromatic rings. The van der Waals surface area contributed by atoms with Crippen molar-refractivity contribution in [3.05, 3.63) is 53.6 Å². The standard InChI is InChI=1S/C18H26N4O2/c1-14-7-5-6-8-15(14)17(20(2)3)18(24)22(11-12-23)13-16-19-9-10-21(16)4/h5-10,17,23H,11-13H2,1-4H3/t17-/m0/s1. The molecule has 1 aromatic carbocycles. The highest BCUT2D eigenvalue weighted by molar-refractivity contribution is 5.83. The van der Waals surface area contributed by atoms with Gasteiger partial charge in [0.2, 0.25) is 5.91 Å². The van der Waals surface area contributed by atoms with Gasteiger partial charge in [-0.1, -0.05) is 24.3 Å². The third-order valence-electron chi connectivity index (χ3n) is 4.17. The van der Waals surface area contributed by atoms with Gasteiger partial charge in [0.25, 0.3) is 0 Å². The summed E-state index contributed by atoms with van der Waals surface area (Å²) in [6.07, 6.45) is 3.56. The zero-order chi connectivity index (χ0) is 17.7. The number of hydrogen-bond donors (Lipinski definition) is 1. The normalized spacial score (nSPS) is 12.4. The fourth-order valence-corrected chi connectivity index (χ4v) is 2.81. The summed E-state index contributed by atoms with van der Waals surface area (Å²) in [5, 5.41) is 9.39. The molecule has 1 aromatic heterocycles. The van der Waals surface area contributed by atoms with Gasteiger partial charge >= 0.3 is 0 Å². The highest BCUT2D eigenvalue weighted by Gasteiger charge is 2.29. The number of aliphatic hydroxyl groups is 1. The number of benzene rings is 1. The van der Waals surface area contributed by atoms with Crippen molar-refractivity contribution in [2.24, 2.45) is 7.05 Å². The number of aryl methyl sites for hydroxylation is 2. The number of hydrogen-bond acceptors (Lipinski definition) is 4. The van der Waals surface area contributed by atoms with Gasteiger partial charge in [0, 0.05) is 26.0 Å². The van der Waals surface area contributed by atoms with Crippen LogP contribution in [0.3, 0.4) is 0 Å². The largest absolute Gasteiger partial charge is 0.395 e. The monoisotopic (exact) mass is 330 g/mol. The van der Waals surface area contributed by atoms with E-state index in [1.54, 1.807) is 11.1 Å². The predicted molar refractivity (Wildman–Crippen MR) is 93.3 cm³/mol. The molecule has 6 heteroatoms. The molecule has 130 valence electrons. The summed E-state index contributed by atoms with van der Waals surface area (Å²) in [7, 11) is 5.69. The highest BCUT2D eigenvalue weighted by atomic mass is 16.3. The van der Waals surface area contributed by atoms with Crippen LogP contribution in [0.25, 0.3) is 0 Å². The molecule has 0 aliphatic heterocycles. The Morgan fingerprint density at radius 2 is 2.04 bits per heavy atom. The van der Waals surface area contributed by atoms with Gasteiger partial charge in [-0.3, -0.25) is 9.69 Å². The van der Waals surface area contributed by atoms with Gasteiger partial charge in [0.05, 0.1) is 13.2 Å². The zero-order valence-corrected chi connectivity index (χ0v) is 14.8. The SMILES string of the molecule is Cc1ccccc1[C@@H](C(=O)N(CCO)Cc1nccn1C)N(C)C. The lowest BCUT2D eigenvalue weighted by molar-refractivity contribution is -0.137. The van der Waals surface area contributed by atoms with Crippen molar-refractivity contribution in [3.8, 4) is 0 Å². The molecule has 1 N–H and O–H groups in total. The number of carbonyl (C=O) groups excluding carboxylic acids is 1. The summed E-state index contributed by atoms with van der Waals surface area (Å²) in [6, 6.07) is 7.51. The minimum atomic E-state index is -0.391. The van der Waals surface area contributed by atoms with Crippen molar-refractivity contribution in [2.75, 3.05) is 27.2 Å². The molecule has 24 heavy (non-hydrogen) atoms. The molecular weight excluding hydrogens is 304 g/mol. The first kappa shape index (κ1) is 18.2. The topological polar surface area (TPSA) is 61.6 Å². The second-order valence-electron chi connectivity index (χ2n) is 6.16. The van der Waals surface area contributed by atoms with Crippen LogP contribution in [-0.4, -0.2) is 57.6 Å². The molecule has 0 fully saturated rings. The minimum absolute atomic E-state index is 0.0358. The third kappa shape index (κ3) is 4.01. The van der Waals surface area contributed by atoms with E-state index in [9.17, 15) is 9.90 Å². The van der Waals surface area contributed by atoms with Crippen LogP contribution in [0.5, 0.6) is 0 Å². The van der Waals surface area contributed by atoms with E-state index in [1.807, 2.05) is 68.0 Å². The molecular formula is C18H26N4O2. The molecule has 6 nitrogen and oxygen atoms in total. The summed E-state index contributed by atoms with van der Waals surface area (Å²) in [4.78, 5) is 21.1. The lowest BCUT2D eigenvalue weighted by atomic mass is 9.99. The van der Waals surface area contributed by atoms with Gasteiger partial charge in [-0.05, 0) is 32.1 Å². The van der Waals surface area contributed by atoms with Crippen molar-refractivity contribution < 1.29 is 9.90 Å². The van der Waals surface area contributed by atoms with Crippen molar-refractivity contribution in [1.82, 2.24) is 19.4 Å². The maximum atomic E-state index is 13.2. The molecule has 2 rings (SSSR count). The average molecular weight is 330 g/mol. The number of aromatic nitrogens is 2. The Kier molecular flexibility index (Phi) is 6.11. The lowest BCUT2D eigenvalue weighted by Crippen LogP contribution is -2.42. The Bertz CT molecular complexity index is 681. The van der Waals surface area contributed by atoms with Crippen LogP contribution < -0.4 is 0 Å². The first-order valence-electron chi connectivity index (χ1n) is 8.03. The van der Waals surface area contributed by atoms with Crippen molar-refractivity contribution >= 4 is 5.91 Å². The second kappa shape index (κ2) is 8.08. The van der Waals surface area contributed by atoms with Crippen LogP contribution in [0.1, 0.15) is 23.0 Å². The van der Waals surface area contributed by atoms with Crippen LogP contribution in [0.15, 0.2) is 36.7 Å². The van der Waals surface area contributed by atoms with Gasteiger partial charge < -0.3 is 14.6 Å². The van der Waals surface area contributed by atoms with Crippen LogP contribution in [0.2, 0.25) is 0 Å². The summed E-state index contributed by atoms with van der Waals surface area (Å²) in [5.74, 6) is 0.755. The molecule has 0 saturated heterocycles. The Morgan fingerprint density at radius 1 is 1.33 bits per heavy atom. The summed E-state index contributed by atoms with van der Waals surface area (Å²) in [5.41, 5.74) is 2.06. The van der Waals surface area contributed by atoms with Crippen LogP contribution in [0, 0.1) is 6.92 Å². The number of imidazole rings is 1. The number of nitrogens with zero attached hydrogens (tertiary/aromatic N) is 4. The zero-order valence-electron chi connectivity index (χ0n) is 14.8. The third-order valence-corrected chi connectivity index (χ3v) is 4.17. The molecule has 0 aliphatic carbocycles. The second-order valence-corrected chi connectivity index (χ2v) is 6.16. The summed E-state index contributed by atoms with van der Waals surface area (Å²) >= 11 is 0. The predicted octanol–water partition coefficient (Wildman–Crippen LogP) is 1.35. The summed E-state index contributed by atoms with van der Waals surface area (Å²) in [6.45, 7) is 2.58. The van der Waals surface area contributed by atoms with E-state index in [4.69, 9.17) is 0 Å². The van der Waals surface area contributed by atoms with Crippen molar-refractivity contribution in [2.45, 2.75) is 19.5 Å². The van der Waals surface area contributed by atoms with Crippen molar-refractivity contribution in [1.29, 1.82) is 0 Å². The van der Waals surface area contributed by atoms with E-state index < -0.39 is 6.04 Å². The fraction of sp³-hybridized carbons (Fsp3) is 0.444. The number of rotatable bonds is 7. The summed E-state index contributed by atoms with van der Waals surface area (Å²) < 4.78 is 1.89. The van der Waals surface area contributed by atoms with E-state index in [0.29, 0.717) is 6.54 Å². The van der Waals surface area contributed by atoms with Gasteiger partial charge in [0.15, 0.2) is 0 Å². The van der Waals surface area contributed by atoms with Crippen LogP contribution in [-0.2, 0) is 18.4 Å². The number of aliphatic hydroxyl groups excluding tert-OH is 1. The van der Waals surface area contributed by atoms with E-state index in [2.05, 4.69) is 4.98 Å². The highest BCUT2D eigenvalue weighted by Crippen LogP contribution is 2.24. The van der Waals surface area contributed by atoms with E-state index in [1.165, 1.54) is 0 Å². The fourth-order valence-electron chi connectivity index (χ4n) is 2.81. The molecule has 0 unspecified atom stereocenters. The molecule has 0 saturated carbocycles. The van der Waals surface area contributed by atoms with Gasteiger partial charge in [-0.25, -0.2) is 4.98 Å². The van der Waals surface area contributed by atoms with Gasteiger partial charge in [-0.15, -0.1) is 0 Å². The quantitative estimate of drug-likeness (QED) is 0.832. The Morgan fingerprint density at radius 3 is 2.58 bits per heavy atom. The molecule has 1 atom stereocenters. The molecule has 0 spiro atoms. The molecule has 0 bridgehead atoms. The Hall–Kier alpha value is -2.18. The molecule has 1 heterocycles. The van der Waals surface area contributed by atoms with E-state index >= 15 is 0 Å². The number of amides is 1. The number of carbonyl (C=O) groups is 1. The molecule has 0 aliphatic rings. The average Bonchev–Trinajstić information content (AvgIpc) is 2.93. The maximum absolute atomic E-state index is 13.2. The Balaban J connectivity index is 2.31. The smallest absolute Gasteiger partial charge is 0.245 e. The van der Waals surface area contributed by atoms with Crippen LogP contribution >= 0.6 is 0 Å². The number of likely N-dealkylation sites (N-methyl/N-ethyl adjacent to an activating group) is 1. The van der Waals surface area contributed by atoms with Crippen molar-refractivity contribution in [3.63, 3.8) is 0 Å². The minimum Gasteiger partial charge on any atom is -0.395 e. The van der Waals surface area contributed by atoms with E-state index in [0.717, 1.165) is 17.0 Å². The van der Waals surface area contributed by atoms with Gasteiger partial charge in [-0.2, -0.15) is 0 Å². The van der Waals surface area contributed by atoms with Crippen LogP contribution in [0.4, 0.5) is 0 Å².